The summed E-state index contributed by atoms with van der Waals surface area (Å²) in [6.45, 7) is 1.44. The molecule has 0 aliphatic heterocycles. The monoisotopic (exact) mass is 269 g/mol. The van der Waals surface area contributed by atoms with Gasteiger partial charge in [-0.05, 0) is 31.0 Å². The maximum absolute atomic E-state index is 12.6. The van der Waals surface area contributed by atoms with Crippen molar-refractivity contribution >= 4 is 11.9 Å². The summed E-state index contributed by atoms with van der Waals surface area (Å²) in [6.07, 6.45) is -0.441. The number of nitrogens with one attached hydrogen (secondary N) is 1. The lowest BCUT2D eigenvalue weighted by atomic mass is 10.1. The number of rotatable bonds is 7. The van der Waals surface area contributed by atoms with E-state index in [0.717, 1.165) is 5.56 Å². The van der Waals surface area contributed by atoms with E-state index in [1.165, 1.54) is 19.1 Å². The molecule has 6 heteroatoms. The molecule has 0 fully saturated rings. The summed E-state index contributed by atoms with van der Waals surface area (Å²) in [5, 5.41) is 11.1. The van der Waals surface area contributed by atoms with Crippen LogP contribution in [0.3, 0.4) is 0 Å². The average molecular weight is 269 g/mol. The highest BCUT2D eigenvalue weighted by molar-refractivity contribution is 5.78. The molecule has 0 aromatic heterocycles. The molecule has 1 rings (SSSR count). The topological polar surface area (TPSA) is 75.6 Å². The first kappa shape index (κ1) is 15.1. The molecule has 1 amide bonds. The Morgan fingerprint density at radius 3 is 2.58 bits per heavy atom. The van der Waals surface area contributed by atoms with Crippen molar-refractivity contribution in [2.75, 3.05) is 13.2 Å². The molecule has 1 atom stereocenters. The minimum atomic E-state index is -1.11. The van der Waals surface area contributed by atoms with Gasteiger partial charge in [-0.15, -0.1) is 0 Å². The molecule has 0 saturated heterocycles. The predicted molar refractivity (Wildman–Crippen MR) is 66.2 cm³/mol. The Balaban J connectivity index is 2.20. The zero-order chi connectivity index (χ0) is 14.3. The molecular weight excluding hydrogens is 253 g/mol. The van der Waals surface area contributed by atoms with E-state index < -0.39 is 12.1 Å². The largest absolute Gasteiger partial charge is 0.479 e. The first-order valence-corrected chi connectivity index (χ1v) is 5.84. The third kappa shape index (κ3) is 5.96. The minimum absolute atomic E-state index is 0.295. The average Bonchev–Trinajstić information content (AvgIpc) is 2.38. The molecule has 0 bridgehead atoms. The van der Waals surface area contributed by atoms with Crippen LogP contribution in [0, 0.1) is 5.82 Å². The highest BCUT2D eigenvalue weighted by atomic mass is 19.1. The number of aliphatic carboxylic acids is 1. The molecule has 0 spiro atoms. The van der Waals surface area contributed by atoms with Crippen LogP contribution in [-0.2, 0) is 20.7 Å². The Morgan fingerprint density at radius 2 is 2.00 bits per heavy atom. The van der Waals surface area contributed by atoms with E-state index >= 15 is 0 Å². The van der Waals surface area contributed by atoms with E-state index in [1.54, 1.807) is 12.1 Å². The predicted octanol–water partition coefficient (Wildman–Crippen LogP) is 0.974. The van der Waals surface area contributed by atoms with E-state index in [2.05, 4.69) is 5.32 Å². The second-order valence-corrected chi connectivity index (χ2v) is 4.02. The summed E-state index contributed by atoms with van der Waals surface area (Å²) in [5.41, 5.74) is 0.904. The van der Waals surface area contributed by atoms with E-state index in [9.17, 15) is 14.0 Å². The summed E-state index contributed by atoms with van der Waals surface area (Å²) in [5.74, 6) is -1.79. The van der Waals surface area contributed by atoms with Crippen LogP contribution in [0.4, 0.5) is 4.39 Å². The number of carbonyl (C=O) groups is 2. The normalized spacial score (nSPS) is 11.9. The molecule has 2 N–H and O–H groups in total. The maximum atomic E-state index is 12.6. The Hall–Kier alpha value is -1.95. The maximum Gasteiger partial charge on any atom is 0.332 e. The van der Waals surface area contributed by atoms with Gasteiger partial charge in [0.15, 0.2) is 6.10 Å². The quantitative estimate of drug-likeness (QED) is 0.773. The summed E-state index contributed by atoms with van der Waals surface area (Å²) >= 11 is 0. The Kier molecular flexibility index (Phi) is 5.95. The van der Waals surface area contributed by atoms with Crippen molar-refractivity contribution in [3.05, 3.63) is 35.6 Å². The third-order valence-electron chi connectivity index (χ3n) is 2.46. The number of amides is 1. The number of benzene rings is 1. The third-order valence-corrected chi connectivity index (χ3v) is 2.46. The van der Waals surface area contributed by atoms with Gasteiger partial charge in [0.1, 0.15) is 12.4 Å². The van der Waals surface area contributed by atoms with Crippen molar-refractivity contribution in [1.29, 1.82) is 0 Å². The number of hydrogen-bond donors (Lipinski definition) is 2. The molecule has 5 nitrogen and oxygen atoms in total. The molecule has 19 heavy (non-hydrogen) atoms. The van der Waals surface area contributed by atoms with Crippen molar-refractivity contribution in [2.45, 2.75) is 19.4 Å². The van der Waals surface area contributed by atoms with Crippen LogP contribution >= 0.6 is 0 Å². The lowest BCUT2D eigenvalue weighted by Crippen LogP contribution is -2.32. The fraction of sp³-hybridized carbons (Fsp3) is 0.385. The second kappa shape index (κ2) is 7.48. The van der Waals surface area contributed by atoms with Crippen molar-refractivity contribution in [3.8, 4) is 0 Å². The SMILES string of the molecule is C[C@H](OCC(=O)NCCc1ccc(F)cc1)C(=O)O. The van der Waals surface area contributed by atoms with Gasteiger partial charge in [0, 0.05) is 6.54 Å². The summed E-state index contributed by atoms with van der Waals surface area (Å²) in [7, 11) is 0. The summed E-state index contributed by atoms with van der Waals surface area (Å²) < 4.78 is 17.5. The smallest absolute Gasteiger partial charge is 0.332 e. The summed E-state index contributed by atoms with van der Waals surface area (Å²) in [4.78, 5) is 21.8. The zero-order valence-corrected chi connectivity index (χ0v) is 10.6. The van der Waals surface area contributed by atoms with Gasteiger partial charge in [-0.2, -0.15) is 0 Å². The molecule has 1 aromatic rings. The van der Waals surface area contributed by atoms with Gasteiger partial charge in [0.2, 0.25) is 5.91 Å². The van der Waals surface area contributed by atoms with Crippen LogP contribution in [-0.4, -0.2) is 36.2 Å². The molecule has 1 aromatic carbocycles. The van der Waals surface area contributed by atoms with Crippen molar-refractivity contribution in [1.82, 2.24) is 5.32 Å². The van der Waals surface area contributed by atoms with Crippen LogP contribution < -0.4 is 5.32 Å². The first-order chi connectivity index (χ1) is 8.99. The van der Waals surface area contributed by atoms with E-state index in [-0.39, 0.29) is 18.3 Å². The molecule has 0 unspecified atom stereocenters. The highest BCUT2D eigenvalue weighted by Crippen LogP contribution is 2.02. The van der Waals surface area contributed by atoms with Gasteiger partial charge in [-0.1, -0.05) is 12.1 Å². The van der Waals surface area contributed by atoms with Crippen molar-refractivity contribution < 1.29 is 23.8 Å². The van der Waals surface area contributed by atoms with Gasteiger partial charge in [0.25, 0.3) is 0 Å². The number of carboxylic acids is 1. The fourth-order valence-corrected chi connectivity index (χ4v) is 1.32. The van der Waals surface area contributed by atoms with Crippen LogP contribution in [0.25, 0.3) is 0 Å². The van der Waals surface area contributed by atoms with Gasteiger partial charge in [0.05, 0.1) is 0 Å². The molecule has 104 valence electrons. The molecule has 0 aliphatic rings. The van der Waals surface area contributed by atoms with Gasteiger partial charge in [-0.25, -0.2) is 9.18 Å². The van der Waals surface area contributed by atoms with E-state index in [0.29, 0.717) is 13.0 Å². The minimum Gasteiger partial charge on any atom is -0.479 e. The Labute approximate surface area is 110 Å². The zero-order valence-electron chi connectivity index (χ0n) is 10.6. The Bertz CT molecular complexity index is 433. The molecular formula is C13H16FNO4. The van der Waals surface area contributed by atoms with Crippen LogP contribution in [0.15, 0.2) is 24.3 Å². The van der Waals surface area contributed by atoms with Gasteiger partial charge in [-0.3, -0.25) is 4.79 Å². The fourth-order valence-electron chi connectivity index (χ4n) is 1.32. The standard InChI is InChI=1S/C13H16FNO4/c1-9(13(17)18)19-8-12(16)15-7-6-10-2-4-11(14)5-3-10/h2-5,9H,6-8H2,1H3,(H,15,16)(H,17,18)/t9-/m0/s1. The van der Waals surface area contributed by atoms with Crippen molar-refractivity contribution in [2.24, 2.45) is 0 Å². The van der Waals surface area contributed by atoms with E-state index in [1.807, 2.05) is 0 Å². The second-order valence-electron chi connectivity index (χ2n) is 4.02. The molecule has 0 radical (unpaired) electrons. The number of carboxylic acid groups (broad SMARTS) is 1. The number of halogens is 1. The molecule has 0 heterocycles. The first-order valence-electron chi connectivity index (χ1n) is 5.84. The molecule has 0 aliphatic carbocycles. The van der Waals surface area contributed by atoms with Crippen LogP contribution in [0.2, 0.25) is 0 Å². The number of hydrogen-bond acceptors (Lipinski definition) is 3. The lowest BCUT2D eigenvalue weighted by Gasteiger charge is -2.09. The lowest BCUT2D eigenvalue weighted by molar-refractivity contribution is -0.150. The number of ether oxygens (including phenoxy) is 1. The van der Waals surface area contributed by atoms with Gasteiger partial charge < -0.3 is 15.2 Å². The van der Waals surface area contributed by atoms with Crippen LogP contribution in [0.5, 0.6) is 0 Å². The van der Waals surface area contributed by atoms with Gasteiger partial charge >= 0.3 is 5.97 Å². The molecule has 0 saturated carbocycles. The summed E-state index contributed by atoms with van der Waals surface area (Å²) in [6, 6.07) is 6.00. The van der Waals surface area contributed by atoms with Crippen molar-refractivity contribution in [3.63, 3.8) is 0 Å². The Morgan fingerprint density at radius 1 is 1.37 bits per heavy atom. The highest BCUT2D eigenvalue weighted by Gasteiger charge is 2.12. The number of carbonyl (C=O) groups excluding carboxylic acids is 1. The van der Waals surface area contributed by atoms with E-state index in [4.69, 9.17) is 9.84 Å². The van der Waals surface area contributed by atoms with Crippen LogP contribution in [0.1, 0.15) is 12.5 Å².